The minimum atomic E-state index is -3.47. The number of amides is 1. The molecule has 2 heterocycles. The van der Waals surface area contributed by atoms with E-state index < -0.39 is 26.8 Å². The summed E-state index contributed by atoms with van der Waals surface area (Å²) in [6.45, 7) is 6.06. The van der Waals surface area contributed by atoms with Crippen LogP contribution in [0, 0.1) is 0 Å². The van der Waals surface area contributed by atoms with Gasteiger partial charge in [0.05, 0.1) is 5.25 Å². The van der Waals surface area contributed by atoms with Gasteiger partial charge in [-0.2, -0.15) is 0 Å². The van der Waals surface area contributed by atoms with Crippen LogP contribution in [0.3, 0.4) is 0 Å². The van der Waals surface area contributed by atoms with Crippen molar-refractivity contribution in [2.24, 2.45) is 0 Å². The van der Waals surface area contributed by atoms with Crippen LogP contribution < -0.4 is 0 Å². The van der Waals surface area contributed by atoms with Gasteiger partial charge in [-0.05, 0) is 33.6 Å². The molecule has 1 aliphatic rings. The summed E-state index contributed by atoms with van der Waals surface area (Å²) in [5, 5.41) is 1.03. The lowest BCUT2D eigenvalue weighted by Gasteiger charge is -2.33. The van der Waals surface area contributed by atoms with E-state index >= 15 is 0 Å². The van der Waals surface area contributed by atoms with Crippen LogP contribution in [0.2, 0.25) is 0 Å². The van der Waals surface area contributed by atoms with Crippen LogP contribution in [0.4, 0.5) is 4.79 Å². The number of hydrogen-bond acceptors (Lipinski definition) is 6. The van der Waals surface area contributed by atoms with E-state index in [0.717, 1.165) is 11.3 Å². The molecule has 2 rings (SSSR count). The normalized spacial score (nSPS) is 20.3. The lowest BCUT2D eigenvalue weighted by Crippen LogP contribution is -2.47. The van der Waals surface area contributed by atoms with E-state index in [1.165, 1.54) is 11.1 Å². The Hall–Kier alpha value is -1.15. The third kappa shape index (κ3) is 3.94. The highest BCUT2D eigenvalue weighted by atomic mass is 32.2. The molecule has 1 saturated heterocycles. The third-order valence-corrected chi connectivity index (χ3v) is 6.53. The SMILES string of the molecule is CC(C)(C)OC(=O)N1CCCC(S(=O)(=O)c2nccs2)C1. The highest BCUT2D eigenvalue weighted by molar-refractivity contribution is 7.93. The smallest absolute Gasteiger partial charge is 0.410 e. The van der Waals surface area contributed by atoms with Crippen molar-refractivity contribution < 1.29 is 17.9 Å². The number of hydrogen-bond donors (Lipinski definition) is 0. The Labute approximate surface area is 129 Å². The van der Waals surface area contributed by atoms with Gasteiger partial charge in [0.2, 0.25) is 14.2 Å². The highest BCUT2D eigenvalue weighted by Gasteiger charge is 2.36. The van der Waals surface area contributed by atoms with Gasteiger partial charge in [-0.15, -0.1) is 11.3 Å². The maximum Gasteiger partial charge on any atom is 0.410 e. The van der Waals surface area contributed by atoms with Gasteiger partial charge in [0.15, 0.2) is 0 Å². The fourth-order valence-electron chi connectivity index (χ4n) is 2.18. The first kappa shape index (κ1) is 16.2. The summed E-state index contributed by atoms with van der Waals surface area (Å²) in [5.41, 5.74) is -0.585. The number of aromatic nitrogens is 1. The third-order valence-electron chi connectivity index (χ3n) is 3.12. The van der Waals surface area contributed by atoms with E-state index in [0.29, 0.717) is 19.4 Å². The molecule has 118 valence electrons. The van der Waals surface area contributed by atoms with Gasteiger partial charge in [-0.3, -0.25) is 0 Å². The molecule has 0 saturated carbocycles. The second-order valence-corrected chi connectivity index (χ2v) is 9.33. The van der Waals surface area contributed by atoms with E-state index in [1.807, 2.05) is 0 Å². The number of thiazole rings is 1. The molecule has 0 aliphatic carbocycles. The van der Waals surface area contributed by atoms with Gasteiger partial charge in [0.1, 0.15) is 5.60 Å². The van der Waals surface area contributed by atoms with Crippen LogP contribution in [-0.4, -0.2) is 48.3 Å². The molecule has 1 fully saturated rings. The van der Waals surface area contributed by atoms with Gasteiger partial charge in [0, 0.05) is 24.7 Å². The Morgan fingerprint density at radius 2 is 2.19 bits per heavy atom. The van der Waals surface area contributed by atoms with Crippen molar-refractivity contribution in [3.8, 4) is 0 Å². The second-order valence-electron chi connectivity index (χ2n) is 6.03. The molecule has 0 bridgehead atoms. The van der Waals surface area contributed by atoms with Crippen LogP contribution in [0.25, 0.3) is 0 Å². The number of rotatable bonds is 2. The molecule has 1 atom stereocenters. The maximum atomic E-state index is 12.5. The van der Waals surface area contributed by atoms with Crippen LogP contribution in [0.1, 0.15) is 33.6 Å². The molecule has 0 spiro atoms. The zero-order valence-corrected chi connectivity index (χ0v) is 14.0. The first-order valence-electron chi connectivity index (χ1n) is 6.81. The quantitative estimate of drug-likeness (QED) is 0.830. The van der Waals surface area contributed by atoms with Crippen LogP contribution >= 0.6 is 11.3 Å². The Morgan fingerprint density at radius 1 is 1.48 bits per heavy atom. The Balaban J connectivity index is 2.09. The van der Waals surface area contributed by atoms with Crippen molar-refractivity contribution in [2.45, 2.75) is 48.8 Å². The Bertz CT molecular complexity index is 590. The second kappa shape index (κ2) is 5.92. The van der Waals surface area contributed by atoms with Crippen molar-refractivity contribution in [3.63, 3.8) is 0 Å². The minimum absolute atomic E-state index is 0.124. The van der Waals surface area contributed by atoms with Gasteiger partial charge in [-0.1, -0.05) is 0 Å². The van der Waals surface area contributed by atoms with Gasteiger partial charge >= 0.3 is 6.09 Å². The highest BCUT2D eigenvalue weighted by Crippen LogP contribution is 2.26. The van der Waals surface area contributed by atoms with E-state index in [4.69, 9.17) is 4.74 Å². The van der Waals surface area contributed by atoms with Crippen molar-refractivity contribution in [2.75, 3.05) is 13.1 Å². The molecular formula is C13H20N2O4S2. The molecular weight excluding hydrogens is 312 g/mol. The molecule has 1 aromatic heterocycles. The van der Waals surface area contributed by atoms with Crippen LogP contribution in [0.5, 0.6) is 0 Å². The average Bonchev–Trinajstić information content (AvgIpc) is 2.91. The molecule has 0 radical (unpaired) electrons. The van der Waals surface area contributed by atoms with Gasteiger partial charge < -0.3 is 9.64 Å². The minimum Gasteiger partial charge on any atom is -0.444 e. The monoisotopic (exact) mass is 332 g/mol. The molecule has 1 unspecified atom stereocenters. The lowest BCUT2D eigenvalue weighted by molar-refractivity contribution is 0.0219. The molecule has 8 heteroatoms. The van der Waals surface area contributed by atoms with E-state index in [-0.39, 0.29) is 10.9 Å². The zero-order valence-electron chi connectivity index (χ0n) is 12.4. The molecule has 1 amide bonds. The van der Waals surface area contributed by atoms with Crippen molar-refractivity contribution >= 4 is 27.3 Å². The summed E-state index contributed by atoms with van der Waals surface area (Å²) in [4.78, 5) is 17.4. The number of nitrogens with zero attached hydrogens (tertiary/aromatic N) is 2. The molecule has 0 aromatic carbocycles. The molecule has 1 aliphatic heterocycles. The molecule has 0 N–H and O–H groups in total. The topological polar surface area (TPSA) is 76.6 Å². The first-order chi connectivity index (χ1) is 9.70. The predicted octanol–water partition coefficient (Wildman–Crippen LogP) is 2.32. The number of ether oxygens (including phenoxy) is 1. The average molecular weight is 332 g/mol. The number of piperidine rings is 1. The summed E-state index contributed by atoms with van der Waals surface area (Å²) in [6, 6.07) is 0. The molecule has 1 aromatic rings. The largest absolute Gasteiger partial charge is 0.444 e. The van der Waals surface area contributed by atoms with Gasteiger partial charge in [0.25, 0.3) is 0 Å². The molecule has 21 heavy (non-hydrogen) atoms. The van der Waals surface area contributed by atoms with Crippen molar-refractivity contribution in [1.82, 2.24) is 9.88 Å². The zero-order chi connectivity index (χ0) is 15.7. The summed E-state index contributed by atoms with van der Waals surface area (Å²) in [5.74, 6) is 0. The first-order valence-corrected chi connectivity index (χ1v) is 9.24. The van der Waals surface area contributed by atoms with Crippen LogP contribution in [-0.2, 0) is 14.6 Å². The summed E-state index contributed by atoms with van der Waals surface area (Å²) < 4.78 is 30.4. The Kier molecular flexibility index (Phi) is 4.57. The number of carbonyl (C=O) groups is 1. The fourth-order valence-corrected chi connectivity index (χ4v) is 4.99. The number of likely N-dealkylation sites (tertiary alicyclic amines) is 1. The van der Waals surface area contributed by atoms with E-state index in [2.05, 4.69) is 4.98 Å². The molecule has 6 nitrogen and oxygen atoms in total. The maximum absolute atomic E-state index is 12.5. The van der Waals surface area contributed by atoms with E-state index in [1.54, 1.807) is 26.2 Å². The lowest BCUT2D eigenvalue weighted by atomic mass is 10.1. The number of carbonyl (C=O) groups excluding carboxylic acids is 1. The predicted molar refractivity (Wildman–Crippen MR) is 80.1 cm³/mol. The van der Waals surface area contributed by atoms with E-state index in [9.17, 15) is 13.2 Å². The fraction of sp³-hybridized carbons (Fsp3) is 0.692. The number of sulfone groups is 1. The summed E-state index contributed by atoms with van der Waals surface area (Å²) in [7, 11) is -3.47. The standard InChI is InChI=1S/C13H20N2O4S2/c1-13(2,3)19-12(16)15-7-4-5-10(9-15)21(17,18)11-14-6-8-20-11/h6,8,10H,4-5,7,9H2,1-3H3. The van der Waals surface area contributed by atoms with Crippen LogP contribution in [0.15, 0.2) is 15.9 Å². The van der Waals surface area contributed by atoms with Crippen molar-refractivity contribution in [1.29, 1.82) is 0 Å². The van der Waals surface area contributed by atoms with Gasteiger partial charge in [-0.25, -0.2) is 18.2 Å². The van der Waals surface area contributed by atoms with Crippen molar-refractivity contribution in [3.05, 3.63) is 11.6 Å². The Morgan fingerprint density at radius 3 is 2.76 bits per heavy atom. The summed E-state index contributed by atoms with van der Waals surface area (Å²) >= 11 is 1.11. The summed E-state index contributed by atoms with van der Waals surface area (Å²) in [6.07, 6.45) is 2.21.